The Labute approximate surface area is 145 Å². The van der Waals surface area contributed by atoms with Crippen LogP contribution in [0.5, 0.6) is 0 Å². The molecule has 0 bridgehead atoms. The van der Waals surface area contributed by atoms with Gasteiger partial charge in [-0.2, -0.15) is 0 Å². The number of aliphatic hydroxyl groups is 1. The van der Waals surface area contributed by atoms with Gasteiger partial charge in [0.15, 0.2) is 0 Å². The van der Waals surface area contributed by atoms with E-state index in [4.69, 9.17) is 24.1 Å². The second kappa shape index (κ2) is 7.86. The van der Waals surface area contributed by atoms with Gasteiger partial charge in [0.25, 0.3) is 11.8 Å². The Morgan fingerprint density at radius 1 is 1.45 bits per heavy atom. The fraction of sp³-hybridized carbons (Fsp3) is 0.556. The molecule has 22 heavy (non-hydrogen) atoms. The van der Waals surface area contributed by atoms with Gasteiger partial charge in [-0.3, -0.25) is 14.3 Å². The Balaban J connectivity index is 0.00000242. The van der Waals surface area contributed by atoms with Gasteiger partial charge in [-0.25, -0.2) is 4.79 Å². The number of hydrogen-bond acceptors (Lipinski definition) is 7. The van der Waals surface area contributed by atoms with E-state index in [1.165, 1.54) is 0 Å². The van der Waals surface area contributed by atoms with Crippen LogP contribution in [-0.2, 0) is 14.0 Å². The number of aliphatic hydroxyl groups excluding tert-OH is 1. The van der Waals surface area contributed by atoms with E-state index < -0.39 is 43.7 Å². The first-order chi connectivity index (χ1) is 9.76. The second-order valence-electron chi connectivity index (χ2n) is 4.23. The molecule has 1 aliphatic rings. The molecule has 2 rings (SSSR count). The molecular weight excluding hydrogens is 334 g/mol. The van der Waals surface area contributed by atoms with E-state index in [2.05, 4.69) is 0 Å². The first-order valence-corrected chi connectivity index (χ1v) is 7.51. The van der Waals surface area contributed by atoms with Crippen molar-refractivity contribution in [3.05, 3.63) is 33.1 Å². The zero-order chi connectivity index (χ0) is 15.6. The van der Waals surface area contributed by atoms with Crippen molar-refractivity contribution >= 4 is 37.2 Å². The summed E-state index contributed by atoms with van der Waals surface area (Å²) in [4.78, 5) is 46.6. The molecule has 1 fully saturated rings. The van der Waals surface area contributed by atoms with Crippen molar-refractivity contribution in [1.82, 2.24) is 9.71 Å². The van der Waals surface area contributed by atoms with Gasteiger partial charge in [0.1, 0.15) is 18.6 Å². The van der Waals surface area contributed by atoms with Crippen molar-refractivity contribution in [3.63, 3.8) is 0 Å². The van der Waals surface area contributed by atoms with Gasteiger partial charge in [0, 0.05) is 6.07 Å². The van der Waals surface area contributed by atoms with Gasteiger partial charge in [0.2, 0.25) is 0 Å². The molecule has 0 spiro atoms. The van der Waals surface area contributed by atoms with Gasteiger partial charge in [-0.05, 0) is 0 Å². The second-order valence-corrected chi connectivity index (χ2v) is 5.82. The van der Waals surface area contributed by atoms with Crippen LogP contribution in [-0.4, -0.2) is 85.6 Å². The zero-order valence-electron chi connectivity index (χ0n) is 10.5. The van der Waals surface area contributed by atoms with Gasteiger partial charge < -0.3 is 29.2 Å². The number of aromatic amines is 1. The summed E-state index contributed by atoms with van der Waals surface area (Å²) in [6.45, 7) is -0.177. The standard InChI is InChI=1S/C9H13N2O9P.Na.H/c12-6-1-2-11(9(14)10-6)20-8-7(13)5(3-18-8)19-4-21(15,16)17;;/h1-2,5,7-8,13H,3-4H2,(H,10,12,14)(H2,15,16,17);;/t5-,7+,8?;;/m0../s1. The Kier molecular flexibility index (Phi) is 6.99. The molecule has 120 valence electrons. The monoisotopic (exact) mass is 348 g/mol. The van der Waals surface area contributed by atoms with Crippen molar-refractivity contribution in [2.75, 3.05) is 13.0 Å². The van der Waals surface area contributed by atoms with Crippen molar-refractivity contribution in [1.29, 1.82) is 0 Å². The Hall–Kier alpha value is -0.490. The number of ether oxygens (including phenoxy) is 2. The summed E-state index contributed by atoms with van der Waals surface area (Å²) >= 11 is 0. The van der Waals surface area contributed by atoms with Crippen LogP contribution in [0.1, 0.15) is 0 Å². The summed E-state index contributed by atoms with van der Waals surface area (Å²) < 4.78 is 21.2. The van der Waals surface area contributed by atoms with Crippen molar-refractivity contribution in [2.45, 2.75) is 18.5 Å². The molecule has 0 saturated carbocycles. The summed E-state index contributed by atoms with van der Waals surface area (Å²) in [6, 6.07) is 1.03. The fourth-order valence-corrected chi connectivity index (χ4v) is 1.98. The summed E-state index contributed by atoms with van der Waals surface area (Å²) in [6.07, 6.45) is -3.49. The van der Waals surface area contributed by atoms with Gasteiger partial charge in [0.05, 0.1) is 12.8 Å². The third-order valence-corrected chi connectivity index (χ3v) is 3.04. The molecule has 2 heterocycles. The van der Waals surface area contributed by atoms with Crippen molar-refractivity contribution < 1.29 is 33.8 Å². The molecule has 1 unspecified atom stereocenters. The maximum absolute atomic E-state index is 11.4. The number of H-pyrrole nitrogens is 1. The predicted octanol–water partition coefficient (Wildman–Crippen LogP) is -3.45. The quantitative estimate of drug-likeness (QED) is 0.313. The van der Waals surface area contributed by atoms with Crippen LogP contribution < -0.4 is 16.1 Å². The number of rotatable bonds is 5. The summed E-state index contributed by atoms with van der Waals surface area (Å²) in [7, 11) is -4.37. The minimum absolute atomic E-state index is 0. The molecule has 1 aromatic rings. The average Bonchev–Trinajstić information content (AvgIpc) is 2.71. The van der Waals surface area contributed by atoms with E-state index in [9.17, 15) is 19.3 Å². The predicted molar refractivity (Wildman–Crippen MR) is 72.6 cm³/mol. The number of aromatic nitrogens is 2. The SMILES string of the molecule is O=c1ccn(OC2OC[C@H](OCP(=O)(O)O)[C@H]2O)c(=O)[nH]1.[NaH]. The Morgan fingerprint density at radius 2 is 2.14 bits per heavy atom. The molecular formula is C9H14N2NaO9P. The number of nitrogens with zero attached hydrogens (tertiary/aromatic N) is 1. The van der Waals surface area contributed by atoms with Crippen molar-refractivity contribution in [2.24, 2.45) is 0 Å². The molecule has 0 aromatic carbocycles. The molecule has 0 amide bonds. The number of nitrogens with one attached hydrogen (secondary N) is 1. The first-order valence-electron chi connectivity index (χ1n) is 5.71. The maximum atomic E-state index is 11.4. The molecule has 4 N–H and O–H groups in total. The van der Waals surface area contributed by atoms with Crippen LogP contribution in [0.25, 0.3) is 0 Å². The summed E-state index contributed by atoms with van der Waals surface area (Å²) in [5, 5.41) is 9.84. The van der Waals surface area contributed by atoms with Gasteiger partial charge >= 0.3 is 42.8 Å². The van der Waals surface area contributed by atoms with Gasteiger partial charge in [-0.1, -0.05) is 0 Å². The summed E-state index contributed by atoms with van der Waals surface area (Å²) in [5.41, 5.74) is -1.48. The van der Waals surface area contributed by atoms with E-state index in [1.807, 2.05) is 4.98 Å². The van der Waals surface area contributed by atoms with E-state index >= 15 is 0 Å². The topological polar surface area (TPSA) is 160 Å². The van der Waals surface area contributed by atoms with Gasteiger partial charge in [-0.15, -0.1) is 4.73 Å². The minimum atomic E-state index is -4.37. The molecule has 1 saturated heterocycles. The van der Waals surface area contributed by atoms with E-state index in [0.717, 1.165) is 12.3 Å². The molecule has 3 atom stereocenters. The normalized spacial score (nSPS) is 24.8. The van der Waals surface area contributed by atoms with E-state index in [0.29, 0.717) is 4.73 Å². The van der Waals surface area contributed by atoms with Crippen LogP contribution in [0, 0.1) is 0 Å². The third kappa shape index (κ3) is 5.30. The van der Waals surface area contributed by atoms with Crippen LogP contribution in [0.2, 0.25) is 0 Å². The van der Waals surface area contributed by atoms with Crippen molar-refractivity contribution in [3.8, 4) is 0 Å². The zero-order valence-corrected chi connectivity index (χ0v) is 11.4. The third-order valence-electron chi connectivity index (χ3n) is 2.55. The Morgan fingerprint density at radius 3 is 2.73 bits per heavy atom. The fourth-order valence-electron chi connectivity index (χ4n) is 1.59. The Bertz CT molecular complexity index is 655. The van der Waals surface area contributed by atoms with E-state index in [-0.39, 0.29) is 36.2 Å². The van der Waals surface area contributed by atoms with E-state index in [1.54, 1.807) is 0 Å². The molecule has 1 aliphatic heterocycles. The van der Waals surface area contributed by atoms with Crippen LogP contribution in [0.3, 0.4) is 0 Å². The van der Waals surface area contributed by atoms with Crippen LogP contribution >= 0.6 is 7.60 Å². The molecule has 1 aromatic heterocycles. The average molecular weight is 348 g/mol. The molecule has 13 heteroatoms. The van der Waals surface area contributed by atoms with Crippen LogP contribution in [0.4, 0.5) is 0 Å². The molecule has 0 radical (unpaired) electrons. The first kappa shape index (κ1) is 19.6. The summed E-state index contributed by atoms with van der Waals surface area (Å²) in [5.74, 6) is 0. The van der Waals surface area contributed by atoms with Crippen LogP contribution in [0.15, 0.2) is 21.9 Å². The molecule has 0 aliphatic carbocycles. The number of hydrogen-bond donors (Lipinski definition) is 4. The molecule has 11 nitrogen and oxygen atoms in total.